The van der Waals surface area contributed by atoms with Gasteiger partial charge in [-0.2, -0.15) is 0 Å². The van der Waals surface area contributed by atoms with Crippen molar-refractivity contribution in [2.24, 2.45) is 0 Å². The van der Waals surface area contributed by atoms with Crippen LogP contribution in [0.4, 0.5) is 4.39 Å². The van der Waals surface area contributed by atoms with Gasteiger partial charge in [-0.1, -0.05) is 36.1 Å². The topological polar surface area (TPSA) is 83.3 Å². The van der Waals surface area contributed by atoms with E-state index in [1.165, 1.54) is 17.7 Å². The summed E-state index contributed by atoms with van der Waals surface area (Å²) in [5.41, 5.74) is 1.88. The van der Waals surface area contributed by atoms with Gasteiger partial charge in [0.25, 0.3) is 0 Å². The number of benzene rings is 2. The molecule has 0 saturated carbocycles. The van der Waals surface area contributed by atoms with Crippen molar-refractivity contribution in [1.82, 2.24) is 25.0 Å². The van der Waals surface area contributed by atoms with Crippen molar-refractivity contribution >= 4 is 5.91 Å². The van der Waals surface area contributed by atoms with Crippen molar-refractivity contribution in [2.45, 2.75) is 51.8 Å². The predicted octanol–water partition coefficient (Wildman–Crippen LogP) is 2.50. The highest BCUT2D eigenvalue weighted by Gasteiger charge is 2.19. The number of hydrogen-bond acceptors (Lipinski definition) is 5. The van der Waals surface area contributed by atoms with Gasteiger partial charge in [-0.25, -0.2) is 4.39 Å². The third-order valence-electron chi connectivity index (χ3n) is 6.02. The Kier molecular flexibility index (Phi) is 8.14. The second kappa shape index (κ2) is 11.5. The molecular formula is C28H32FN5O2. The average Bonchev–Trinajstić information content (AvgIpc) is 3.11. The van der Waals surface area contributed by atoms with Crippen LogP contribution in [0.2, 0.25) is 0 Å². The quantitative estimate of drug-likeness (QED) is 0.499. The van der Waals surface area contributed by atoms with E-state index in [0.717, 1.165) is 55.4 Å². The Morgan fingerprint density at radius 3 is 2.50 bits per heavy atom. The first-order valence-corrected chi connectivity index (χ1v) is 12.2. The lowest BCUT2D eigenvalue weighted by Crippen LogP contribution is -2.28. The molecule has 2 N–H and O–H groups in total. The first-order valence-electron chi connectivity index (χ1n) is 12.2. The summed E-state index contributed by atoms with van der Waals surface area (Å²) in [6.07, 6.45) is 1.65. The number of amides is 1. The lowest BCUT2D eigenvalue weighted by atomic mass is 10.1. The van der Waals surface area contributed by atoms with Crippen LogP contribution < -0.4 is 5.32 Å². The van der Waals surface area contributed by atoms with Crippen molar-refractivity contribution in [2.75, 3.05) is 19.6 Å². The minimum absolute atomic E-state index is 0.0968. The Labute approximate surface area is 211 Å². The first kappa shape index (κ1) is 25.5. The van der Waals surface area contributed by atoms with E-state index >= 15 is 0 Å². The lowest BCUT2D eigenvalue weighted by molar-refractivity contribution is -0.120. The van der Waals surface area contributed by atoms with Crippen LogP contribution in [0, 0.1) is 17.7 Å². The fraction of sp³-hybridized carbons (Fsp3) is 0.393. The molecule has 1 amide bonds. The number of nitrogens with one attached hydrogen (secondary N) is 1. The standard InChI is InChI=1S/C28H32FN5O2/c1-28(2,36)14-11-21-3-5-23(6-4-21)20-33-16-13-26-32-31-25(34(26)18-17-33)12-15-30-27(35)19-22-7-9-24(29)10-8-22/h3-10,36H,12-13,15-20H2,1-2H3,(H,30,35). The molecule has 0 spiro atoms. The average molecular weight is 490 g/mol. The van der Waals surface area contributed by atoms with Crippen LogP contribution in [0.15, 0.2) is 48.5 Å². The third-order valence-corrected chi connectivity index (χ3v) is 6.02. The fourth-order valence-corrected chi connectivity index (χ4v) is 4.11. The second-order valence-corrected chi connectivity index (χ2v) is 9.62. The summed E-state index contributed by atoms with van der Waals surface area (Å²) in [5, 5.41) is 21.4. The smallest absolute Gasteiger partial charge is 0.224 e. The van der Waals surface area contributed by atoms with E-state index in [0.29, 0.717) is 13.0 Å². The third kappa shape index (κ3) is 7.48. The minimum Gasteiger partial charge on any atom is -0.378 e. The number of halogens is 1. The molecule has 0 atom stereocenters. The largest absolute Gasteiger partial charge is 0.378 e. The van der Waals surface area contributed by atoms with Gasteiger partial charge in [-0.05, 0) is 49.2 Å². The molecule has 4 rings (SSSR count). The highest BCUT2D eigenvalue weighted by atomic mass is 19.1. The molecule has 7 nitrogen and oxygen atoms in total. The Hall–Kier alpha value is -3.54. The molecule has 0 fully saturated rings. The molecule has 0 aliphatic carbocycles. The van der Waals surface area contributed by atoms with Crippen molar-refractivity contribution in [1.29, 1.82) is 0 Å². The molecule has 0 bridgehead atoms. The molecule has 8 heteroatoms. The molecular weight excluding hydrogens is 457 g/mol. The number of carbonyl (C=O) groups is 1. The Bertz CT molecular complexity index is 1230. The number of aliphatic hydroxyl groups is 1. The Morgan fingerprint density at radius 1 is 1.06 bits per heavy atom. The van der Waals surface area contributed by atoms with E-state index in [1.807, 2.05) is 12.1 Å². The van der Waals surface area contributed by atoms with Crippen molar-refractivity contribution < 1.29 is 14.3 Å². The number of fused-ring (bicyclic) bond motifs is 1. The molecule has 2 heterocycles. The normalized spacial score (nSPS) is 13.9. The second-order valence-electron chi connectivity index (χ2n) is 9.62. The maximum Gasteiger partial charge on any atom is 0.224 e. The SMILES string of the molecule is CC(C)(O)C#Cc1ccc(CN2CCc3nnc(CCNC(=O)Cc4ccc(F)cc4)n3CC2)cc1. The summed E-state index contributed by atoms with van der Waals surface area (Å²) >= 11 is 0. The van der Waals surface area contributed by atoms with Crippen LogP contribution in [-0.4, -0.2) is 55.9 Å². The molecule has 3 aromatic rings. The zero-order valence-corrected chi connectivity index (χ0v) is 20.8. The summed E-state index contributed by atoms with van der Waals surface area (Å²) in [6, 6.07) is 14.1. The van der Waals surface area contributed by atoms with E-state index in [4.69, 9.17) is 0 Å². The number of hydrogen-bond donors (Lipinski definition) is 2. The van der Waals surface area contributed by atoms with E-state index < -0.39 is 5.60 Å². The molecule has 2 aromatic carbocycles. The summed E-state index contributed by atoms with van der Waals surface area (Å²) in [5.74, 6) is 7.29. The molecule has 0 radical (unpaired) electrons. The van der Waals surface area contributed by atoms with Crippen molar-refractivity contribution in [3.05, 3.63) is 82.7 Å². The van der Waals surface area contributed by atoms with E-state index in [2.05, 4.69) is 49.0 Å². The highest BCUT2D eigenvalue weighted by molar-refractivity contribution is 5.78. The van der Waals surface area contributed by atoms with Crippen LogP contribution >= 0.6 is 0 Å². The van der Waals surface area contributed by atoms with Crippen LogP contribution in [0.1, 0.15) is 42.2 Å². The summed E-state index contributed by atoms with van der Waals surface area (Å²) in [6.45, 7) is 7.24. The lowest BCUT2D eigenvalue weighted by Gasteiger charge is -2.19. The van der Waals surface area contributed by atoms with Crippen LogP contribution in [0.5, 0.6) is 0 Å². The zero-order chi connectivity index (χ0) is 25.5. The van der Waals surface area contributed by atoms with Crippen LogP contribution in [-0.2, 0) is 37.1 Å². The number of nitrogens with zero attached hydrogens (tertiary/aromatic N) is 4. The molecule has 188 valence electrons. The van der Waals surface area contributed by atoms with E-state index in [9.17, 15) is 14.3 Å². The molecule has 0 unspecified atom stereocenters. The van der Waals surface area contributed by atoms with Gasteiger partial charge in [0.15, 0.2) is 0 Å². The minimum atomic E-state index is -1.00. The summed E-state index contributed by atoms with van der Waals surface area (Å²) in [4.78, 5) is 14.6. The Morgan fingerprint density at radius 2 is 1.78 bits per heavy atom. The van der Waals surface area contributed by atoms with Gasteiger partial charge in [0.1, 0.15) is 23.1 Å². The number of aromatic nitrogens is 3. The zero-order valence-electron chi connectivity index (χ0n) is 20.8. The van der Waals surface area contributed by atoms with E-state index in [-0.39, 0.29) is 18.1 Å². The molecule has 1 aliphatic heterocycles. The number of carbonyl (C=O) groups excluding carboxylic acids is 1. The van der Waals surface area contributed by atoms with Gasteiger partial charge >= 0.3 is 0 Å². The van der Waals surface area contributed by atoms with Gasteiger partial charge < -0.3 is 15.0 Å². The van der Waals surface area contributed by atoms with Gasteiger partial charge in [0.2, 0.25) is 5.91 Å². The summed E-state index contributed by atoms with van der Waals surface area (Å²) < 4.78 is 15.2. The summed E-state index contributed by atoms with van der Waals surface area (Å²) in [7, 11) is 0. The first-order chi connectivity index (χ1) is 17.2. The molecule has 0 saturated heterocycles. The fourth-order valence-electron chi connectivity index (χ4n) is 4.11. The van der Waals surface area contributed by atoms with Crippen LogP contribution in [0.3, 0.4) is 0 Å². The predicted molar refractivity (Wildman–Crippen MR) is 135 cm³/mol. The maximum atomic E-state index is 13.0. The van der Waals surface area contributed by atoms with Gasteiger partial charge in [-0.3, -0.25) is 9.69 Å². The molecule has 36 heavy (non-hydrogen) atoms. The number of rotatable bonds is 7. The van der Waals surface area contributed by atoms with E-state index in [1.54, 1.807) is 26.0 Å². The monoisotopic (exact) mass is 489 g/mol. The maximum absolute atomic E-state index is 13.0. The highest BCUT2D eigenvalue weighted by Crippen LogP contribution is 2.14. The van der Waals surface area contributed by atoms with Crippen molar-refractivity contribution in [3.63, 3.8) is 0 Å². The van der Waals surface area contributed by atoms with Crippen molar-refractivity contribution in [3.8, 4) is 11.8 Å². The van der Waals surface area contributed by atoms with Gasteiger partial charge in [-0.15, -0.1) is 10.2 Å². The molecule has 1 aromatic heterocycles. The molecule has 1 aliphatic rings. The van der Waals surface area contributed by atoms with Gasteiger partial charge in [0.05, 0.1) is 6.42 Å². The Balaban J connectivity index is 1.26. The van der Waals surface area contributed by atoms with Crippen LogP contribution in [0.25, 0.3) is 0 Å². The van der Waals surface area contributed by atoms with Gasteiger partial charge in [0, 0.05) is 51.1 Å².